The second-order valence-corrected chi connectivity index (χ2v) is 3.88. The number of hydrogen-bond acceptors (Lipinski definition) is 1. The summed E-state index contributed by atoms with van der Waals surface area (Å²) < 4.78 is 0. The van der Waals surface area contributed by atoms with Crippen molar-refractivity contribution in [3.8, 4) is 0 Å². The Balaban J connectivity index is 2.52. The lowest BCUT2D eigenvalue weighted by molar-refractivity contribution is 0.154. The van der Waals surface area contributed by atoms with Crippen LogP contribution in [0.2, 0.25) is 0 Å². The van der Waals surface area contributed by atoms with E-state index in [1.807, 2.05) is 23.6 Å². The van der Waals surface area contributed by atoms with E-state index in [2.05, 4.69) is 6.92 Å². The average Bonchev–Trinajstić information content (AvgIpc) is 2.99. The van der Waals surface area contributed by atoms with Gasteiger partial charge < -0.3 is 9.80 Å². The van der Waals surface area contributed by atoms with E-state index in [4.69, 9.17) is 0 Å². The molecular weight excluding hydrogens is 176 g/mol. The first-order valence-corrected chi connectivity index (χ1v) is 5.80. The summed E-state index contributed by atoms with van der Waals surface area (Å²) >= 11 is 0. The van der Waals surface area contributed by atoms with Crippen molar-refractivity contribution in [1.29, 1.82) is 0 Å². The van der Waals surface area contributed by atoms with Crippen molar-refractivity contribution in [2.75, 3.05) is 19.6 Å². The van der Waals surface area contributed by atoms with E-state index in [1.165, 1.54) is 12.8 Å². The molecule has 14 heavy (non-hydrogen) atoms. The van der Waals surface area contributed by atoms with E-state index in [0.717, 1.165) is 26.1 Å². The molecule has 1 aliphatic carbocycles. The molecule has 1 rings (SSSR count). The van der Waals surface area contributed by atoms with Gasteiger partial charge in [-0.1, -0.05) is 6.92 Å². The highest BCUT2D eigenvalue weighted by Crippen LogP contribution is 2.27. The monoisotopic (exact) mass is 198 g/mol. The summed E-state index contributed by atoms with van der Waals surface area (Å²) in [5, 5.41) is 0. The smallest absolute Gasteiger partial charge is 0.320 e. The lowest BCUT2D eigenvalue weighted by Gasteiger charge is -2.29. The largest absolute Gasteiger partial charge is 0.325 e. The fraction of sp³-hybridized carbons (Fsp3) is 0.909. The molecule has 2 amide bonds. The molecule has 0 aromatic carbocycles. The standard InChI is InChI=1S/C11H22N2O/c1-4-9-13(10-7-8-10)11(14)12(5-2)6-3/h10H,4-9H2,1-3H3. The third-order valence-corrected chi connectivity index (χ3v) is 2.73. The van der Waals surface area contributed by atoms with Gasteiger partial charge in [0.25, 0.3) is 0 Å². The quantitative estimate of drug-likeness (QED) is 0.665. The van der Waals surface area contributed by atoms with Gasteiger partial charge in [-0.15, -0.1) is 0 Å². The summed E-state index contributed by atoms with van der Waals surface area (Å²) in [4.78, 5) is 16.0. The molecule has 3 heteroatoms. The number of amides is 2. The number of urea groups is 1. The average molecular weight is 198 g/mol. The highest BCUT2D eigenvalue weighted by molar-refractivity contribution is 5.75. The maximum absolute atomic E-state index is 12.0. The predicted molar refractivity (Wildman–Crippen MR) is 58.3 cm³/mol. The maximum atomic E-state index is 12.0. The summed E-state index contributed by atoms with van der Waals surface area (Å²) in [7, 11) is 0. The molecule has 0 N–H and O–H groups in total. The van der Waals surface area contributed by atoms with Gasteiger partial charge in [-0.3, -0.25) is 0 Å². The minimum absolute atomic E-state index is 0.236. The van der Waals surface area contributed by atoms with E-state index in [0.29, 0.717) is 6.04 Å². The number of carbonyl (C=O) groups excluding carboxylic acids is 1. The summed E-state index contributed by atoms with van der Waals surface area (Å²) in [5.74, 6) is 0. The first kappa shape index (κ1) is 11.3. The van der Waals surface area contributed by atoms with Crippen molar-refractivity contribution in [2.24, 2.45) is 0 Å². The SMILES string of the molecule is CCCN(C(=O)N(CC)CC)C1CC1. The van der Waals surface area contributed by atoms with Gasteiger partial charge in [0.15, 0.2) is 0 Å². The Morgan fingerprint density at radius 3 is 2.14 bits per heavy atom. The van der Waals surface area contributed by atoms with Crippen molar-refractivity contribution in [2.45, 2.75) is 46.1 Å². The summed E-state index contributed by atoms with van der Waals surface area (Å²) in [6.45, 7) is 8.77. The Labute approximate surface area is 87.1 Å². The molecule has 0 atom stereocenters. The van der Waals surface area contributed by atoms with Crippen molar-refractivity contribution in [3.63, 3.8) is 0 Å². The molecule has 0 saturated heterocycles. The molecule has 82 valence electrons. The highest BCUT2D eigenvalue weighted by atomic mass is 16.2. The second-order valence-electron chi connectivity index (χ2n) is 3.88. The van der Waals surface area contributed by atoms with Crippen LogP contribution in [0.5, 0.6) is 0 Å². The van der Waals surface area contributed by atoms with Crippen LogP contribution in [0.4, 0.5) is 4.79 Å². The normalized spacial score (nSPS) is 15.4. The van der Waals surface area contributed by atoms with Crippen molar-refractivity contribution in [3.05, 3.63) is 0 Å². The summed E-state index contributed by atoms with van der Waals surface area (Å²) in [5.41, 5.74) is 0. The molecule has 0 radical (unpaired) electrons. The fourth-order valence-electron chi connectivity index (χ4n) is 1.74. The second kappa shape index (κ2) is 5.23. The van der Waals surface area contributed by atoms with Crippen molar-refractivity contribution < 1.29 is 4.79 Å². The zero-order chi connectivity index (χ0) is 10.6. The Morgan fingerprint density at radius 1 is 1.21 bits per heavy atom. The molecule has 0 heterocycles. The van der Waals surface area contributed by atoms with Crippen LogP contribution in [0.1, 0.15) is 40.0 Å². The van der Waals surface area contributed by atoms with Crippen LogP contribution in [-0.2, 0) is 0 Å². The van der Waals surface area contributed by atoms with Gasteiger partial charge in [0.2, 0.25) is 0 Å². The molecule has 0 bridgehead atoms. The first-order chi connectivity index (χ1) is 6.74. The number of rotatable bonds is 5. The Hall–Kier alpha value is -0.730. The van der Waals surface area contributed by atoms with Crippen LogP contribution in [0.3, 0.4) is 0 Å². The van der Waals surface area contributed by atoms with Gasteiger partial charge in [0, 0.05) is 25.7 Å². The van der Waals surface area contributed by atoms with Crippen LogP contribution >= 0.6 is 0 Å². The van der Waals surface area contributed by atoms with Crippen molar-refractivity contribution >= 4 is 6.03 Å². The molecule has 3 nitrogen and oxygen atoms in total. The minimum atomic E-state index is 0.236. The Morgan fingerprint density at radius 2 is 1.79 bits per heavy atom. The van der Waals surface area contributed by atoms with E-state index >= 15 is 0 Å². The highest BCUT2D eigenvalue weighted by Gasteiger charge is 2.33. The Kier molecular flexibility index (Phi) is 4.23. The van der Waals surface area contributed by atoms with Gasteiger partial charge in [0.05, 0.1) is 0 Å². The molecular formula is C11H22N2O. The molecule has 1 fully saturated rings. The zero-order valence-electron chi connectivity index (χ0n) is 9.62. The van der Waals surface area contributed by atoms with E-state index < -0.39 is 0 Å². The molecule has 0 spiro atoms. The van der Waals surface area contributed by atoms with Gasteiger partial charge in [-0.2, -0.15) is 0 Å². The molecule has 0 unspecified atom stereocenters. The van der Waals surface area contributed by atoms with Gasteiger partial charge in [-0.05, 0) is 33.1 Å². The maximum Gasteiger partial charge on any atom is 0.320 e. The van der Waals surface area contributed by atoms with Gasteiger partial charge in [0.1, 0.15) is 0 Å². The molecule has 0 aromatic heterocycles. The predicted octanol–water partition coefficient (Wildman–Crippen LogP) is 2.32. The fourth-order valence-corrected chi connectivity index (χ4v) is 1.74. The number of carbonyl (C=O) groups is 1. The lowest BCUT2D eigenvalue weighted by atomic mass is 10.4. The van der Waals surface area contributed by atoms with Gasteiger partial charge in [-0.25, -0.2) is 4.79 Å². The first-order valence-electron chi connectivity index (χ1n) is 5.80. The van der Waals surface area contributed by atoms with Crippen LogP contribution in [0, 0.1) is 0 Å². The summed E-state index contributed by atoms with van der Waals surface area (Å²) in [6, 6.07) is 0.780. The number of hydrogen-bond donors (Lipinski definition) is 0. The van der Waals surface area contributed by atoms with E-state index in [1.54, 1.807) is 0 Å². The topological polar surface area (TPSA) is 23.6 Å². The van der Waals surface area contributed by atoms with Crippen molar-refractivity contribution in [1.82, 2.24) is 9.80 Å². The third-order valence-electron chi connectivity index (χ3n) is 2.73. The Bertz CT molecular complexity index is 186. The van der Waals surface area contributed by atoms with Crippen LogP contribution in [-0.4, -0.2) is 41.5 Å². The minimum Gasteiger partial charge on any atom is -0.325 e. The van der Waals surface area contributed by atoms with Crippen LogP contribution < -0.4 is 0 Å². The molecule has 0 aliphatic heterocycles. The zero-order valence-corrected chi connectivity index (χ0v) is 9.62. The van der Waals surface area contributed by atoms with Crippen LogP contribution in [0.25, 0.3) is 0 Å². The molecule has 0 aromatic rings. The van der Waals surface area contributed by atoms with E-state index in [9.17, 15) is 4.79 Å². The number of nitrogens with zero attached hydrogens (tertiary/aromatic N) is 2. The van der Waals surface area contributed by atoms with Crippen LogP contribution in [0.15, 0.2) is 0 Å². The van der Waals surface area contributed by atoms with E-state index in [-0.39, 0.29) is 6.03 Å². The lowest BCUT2D eigenvalue weighted by Crippen LogP contribution is -2.44. The summed E-state index contributed by atoms with van der Waals surface area (Å²) in [6.07, 6.45) is 3.46. The van der Waals surface area contributed by atoms with Gasteiger partial charge >= 0.3 is 6.03 Å². The molecule has 1 aliphatic rings. The third kappa shape index (κ3) is 2.63. The molecule has 1 saturated carbocycles.